The standard InChI is InChI=1S/C20H17BrN4O2/c1-13-9-18(26)23-20-16-7-2-3-8-17(16)24(25(13)20)12-19(27)22-11-14-5-4-6-15(21)10-14/h2-10H,11-12H2,1H3,(H,22,27). The minimum atomic E-state index is -0.283. The van der Waals surface area contributed by atoms with Gasteiger partial charge < -0.3 is 5.32 Å². The molecule has 6 nitrogen and oxygen atoms in total. The van der Waals surface area contributed by atoms with Crippen molar-refractivity contribution in [1.29, 1.82) is 0 Å². The van der Waals surface area contributed by atoms with Gasteiger partial charge in [-0.15, -0.1) is 0 Å². The van der Waals surface area contributed by atoms with E-state index in [0.717, 1.165) is 26.6 Å². The molecule has 136 valence electrons. The molecule has 0 aliphatic rings. The molecular weight excluding hydrogens is 408 g/mol. The second kappa shape index (κ2) is 7.00. The highest BCUT2D eigenvalue weighted by atomic mass is 79.9. The van der Waals surface area contributed by atoms with Gasteiger partial charge in [-0.05, 0) is 36.8 Å². The van der Waals surface area contributed by atoms with Crippen molar-refractivity contribution in [3.05, 3.63) is 80.7 Å². The zero-order valence-electron chi connectivity index (χ0n) is 14.6. The lowest BCUT2D eigenvalue weighted by atomic mass is 10.2. The first-order valence-electron chi connectivity index (χ1n) is 8.52. The van der Waals surface area contributed by atoms with Gasteiger partial charge in [-0.2, -0.15) is 4.98 Å². The lowest BCUT2D eigenvalue weighted by molar-refractivity contribution is -0.122. The van der Waals surface area contributed by atoms with Crippen molar-refractivity contribution in [2.45, 2.75) is 20.0 Å². The molecule has 0 aliphatic heterocycles. The third kappa shape index (κ3) is 3.38. The number of fused-ring (bicyclic) bond motifs is 3. The molecule has 4 aromatic rings. The van der Waals surface area contributed by atoms with Crippen molar-refractivity contribution in [2.75, 3.05) is 0 Å². The summed E-state index contributed by atoms with van der Waals surface area (Å²) in [7, 11) is 0. The van der Waals surface area contributed by atoms with Gasteiger partial charge in [-0.3, -0.25) is 14.3 Å². The van der Waals surface area contributed by atoms with E-state index in [0.29, 0.717) is 12.2 Å². The maximum atomic E-state index is 12.6. The second-order valence-corrected chi connectivity index (χ2v) is 7.27. The molecule has 4 rings (SSSR count). The monoisotopic (exact) mass is 424 g/mol. The normalized spacial score (nSPS) is 11.2. The van der Waals surface area contributed by atoms with Gasteiger partial charge >= 0.3 is 0 Å². The molecule has 0 saturated heterocycles. The fourth-order valence-corrected chi connectivity index (χ4v) is 3.71. The number of para-hydroxylation sites is 1. The van der Waals surface area contributed by atoms with Gasteiger partial charge in [-0.1, -0.05) is 40.2 Å². The Morgan fingerprint density at radius 3 is 2.78 bits per heavy atom. The number of hydrogen-bond acceptors (Lipinski definition) is 3. The lowest BCUT2D eigenvalue weighted by Crippen LogP contribution is -2.29. The van der Waals surface area contributed by atoms with E-state index in [9.17, 15) is 9.59 Å². The summed E-state index contributed by atoms with van der Waals surface area (Å²) >= 11 is 3.43. The van der Waals surface area contributed by atoms with Crippen LogP contribution in [0.3, 0.4) is 0 Å². The molecule has 1 N–H and O–H groups in total. The second-order valence-electron chi connectivity index (χ2n) is 6.35. The van der Waals surface area contributed by atoms with Gasteiger partial charge in [0.2, 0.25) is 5.91 Å². The number of aromatic nitrogens is 3. The minimum Gasteiger partial charge on any atom is -0.350 e. The number of aryl methyl sites for hydroxylation is 1. The summed E-state index contributed by atoms with van der Waals surface area (Å²) in [5.41, 5.74) is 2.89. The highest BCUT2D eigenvalue weighted by Gasteiger charge is 2.15. The molecule has 0 unspecified atom stereocenters. The van der Waals surface area contributed by atoms with Gasteiger partial charge in [0.15, 0.2) is 5.65 Å². The molecule has 2 heterocycles. The maximum absolute atomic E-state index is 12.6. The molecule has 27 heavy (non-hydrogen) atoms. The number of nitrogens with zero attached hydrogens (tertiary/aromatic N) is 3. The van der Waals surface area contributed by atoms with E-state index in [-0.39, 0.29) is 18.0 Å². The Kier molecular flexibility index (Phi) is 4.53. The predicted octanol–water partition coefficient (Wildman–Crippen LogP) is 3.04. The molecule has 0 fully saturated rings. The number of nitrogens with one attached hydrogen (secondary N) is 1. The first-order chi connectivity index (χ1) is 13.0. The number of benzene rings is 2. The molecule has 0 aliphatic carbocycles. The third-order valence-corrected chi connectivity index (χ3v) is 4.91. The minimum absolute atomic E-state index is 0.115. The highest BCUT2D eigenvalue weighted by Crippen LogP contribution is 2.21. The molecule has 0 spiro atoms. The Hall–Kier alpha value is -2.93. The SMILES string of the molecule is Cc1cc(=O)nc2c3ccccc3n(CC(=O)NCc3cccc(Br)c3)n12. The summed E-state index contributed by atoms with van der Waals surface area (Å²) in [6.45, 7) is 2.41. The van der Waals surface area contributed by atoms with Crippen LogP contribution >= 0.6 is 15.9 Å². The predicted molar refractivity (Wildman–Crippen MR) is 108 cm³/mol. The fourth-order valence-electron chi connectivity index (χ4n) is 3.26. The highest BCUT2D eigenvalue weighted by molar-refractivity contribution is 9.10. The van der Waals surface area contributed by atoms with Gasteiger partial charge in [0.05, 0.1) is 5.52 Å². The summed E-state index contributed by atoms with van der Waals surface area (Å²) < 4.78 is 4.65. The Balaban J connectivity index is 1.68. The molecule has 7 heteroatoms. The van der Waals surface area contributed by atoms with Crippen LogP contribution in [-0.4, -0.2) is 20.1 Å². The van der Waals surface area contributed by atoms with Crippen molar-refractivity contribution in [3.8, 4) is 0 Å². The fraction of sp³-hybridized carbons (Fsp3) is 0.150. The lowest BCUT2D eigenvalue weighted by Gasteiger charge is -2.11. The van der Waals surface area contributed by atoms with E-state index in [4.69, 9.17) is 0 Å². The number of halogens is 1. The van der Waals surface area contributed by atoms with Crippen molar-refractivity contribution in [2.24, 2.45) is 0 Å². The van der Waals surface area contributed by atoms with Crippen LogP contribution in [0.4, 0.5) is 0 Å². The quantitative estimate of drug-likeness (QED) is 0.547. The Labute approximate surface area is 163 Å². The first kappa shape index (κ1) is 17.5. The zero-order valence-corrected chi connectivity index (χ0v) is 16.2. The molecule has 0 saturated carbocycles. The number of hydrogen-bond donors (Lipinski definition) is 1. The van der Waals surface area contributed by atoms with Gasteiger partial charge in [-0.25, -0.2) is 4.52 Å². The van der Waals surface area contributed by atoms with E-state index < -0.39 is 0 Å². The van der Waals surface area contributed by atoms with Crippen LogP contribution in [0.5, 0.6) is 0 Å². The number of rotatable bonds is 4. The van der Waals surface area contributed by atoms with Crippen LogP contribution in [0.1, 0.15) is 11.3 Å². The zero-order chi connectivity index (χ0) is 19.0. The van der Waals surface area contributed by atoms with Crippen LogP contribution < -0.4 is 10.9 Å². The molecule has 2 aromatic carbocycles. The molecule has 1 amide bonds. The van der Waals surface area contributed by atoms with Crippen LogP contribution in [-0.2, 0) is 17.9 Å². The summed E-state index contributed by atoms with van der Waals surface area (Å²) in [6.07, 6.45) is 0. The number of carbonyl (C=O) groups excluding carboxylic acids is 1. The summed E-state index contributed by atoms with van der Waals surface area (Å²) in [5.74, 6) is -0.115. The van der Waals surface area contributed by atoms with Gasteiger partial charge in [0.1, 0.15) is 6.54 Å². The average molecular weight is 425 g/mol. The molecule has 0 radical (unpaired) electrons. The molecule has 2 aromatic heterocycles. The number of carbonyl (C=O) groups is 1. The van der Waals surface area contributed by atoms with E-state index in [1.165, 1.54) is 6.07 Å². The van der Waals surface area contributed by atoms with Crippen LogP contribution in [0.2, 0.25) is 0 Å². The van der Waals surface area contributed by atoms with Crippen LogP contribution in [0, 0.1) is 6.92 Å². The van der Waals surface area contributed by atoms with E-state index in [1.807, 2.05) is 64.7 Å². The van der Waals surface area contributed by atoms with E-state index in [1.54, 1.807) is 0 Å². The van der Waals surface area contributed by atoms with Gasteiger partial charge in [0, 0.05) is 28.2 Å². The molecular formula is C20H17BrN4O2. The third-order valence-electron chi connectivity index (χ3n) is 4.42. The average Bonchev–Trinajstić information content (AvgIpc) is 2.94. The van der Waals surface area contributed by atoms with Crippen molar-refractivity contribution < 1.29 is 4.79 Å². The molecule has 0 atom stereocenters. The topological polar surface area (TPSA) is 68.4 Å². The van der Waals surface area contributed by atoms with Gasteiger partial charge in [0.25, 0.3) is 5.56 Å². The summed E-state index contributed by atoms with van der Waals surface area (Å²) in [4.78, 5) is 28.6. The maximum Gasteiger partial charge on any atom is 0.273 e. The Bertz CT molecular complexity index is 1230. The summed E-state index contributed by atoms with van der Waals surface area (Å²) in [6, 6.07) is 16.9. The first-order valence-corrected chi connectivity index (χ1v) is 9.31. The largest absolute Gasteiger partial charge is 0.350 e. The van der Waals surface area contributed by atoms with E-state index in [2.05, 4.69) is 26.2 Å². The van der Waals surface area contributed by atoms with Crippen molar-refractivity contribution in [1.82, 2.24) is 19.5 Å². The summed E-state index contributed by atoms with van der Waals surface area (Å²) in [5, 5.41) is 3.79. The van der Waals surface area contributed by atoms with Crippen molar-refractivity contribution >= 4 is 38.4 Å². The molecule has 0 bridgehead atoms. The van der Waals surface area contributed by atoms with Crippen LogP contribution in [0.15, 0.2) is 63.9 Å². The van der Waals surface area contributed by atoms with E-state index >= 15 is 0 Å². The van der Waals surface area contributed by atoms with Crippen molar-refractivity contribution in [3.63, 3.8) is 0 Å². The Morgan fingerprint density at radius 2 is 1.96 bits per heavy atom. The smallest absolute Gasteiger partial charge is 0.273 e. The van der Waals surface area contributed by atoms with Crippen LogP contribution in [0.25, 0.3) is 16.6 Å². The Morgan fingerprint density at radius 1 is 1.15 bits per heavy atom. The number of amides is 1.